The van der Waals surface area contributed by atoms with E-state index in [0.29, 0.717) is 11.6 Å². The molecule has 2 aromatic heterocycles. The number of hydrogen-bond donors (Lipinski definition) is 1. The van der Waals surface area contributed by atoms with Crippen molar-refractivity contribution >= 4 is 27.7 Å². The smallest absolute Gasteiger partial charge is 0.263 e. The van der Waals surface area contributed by atoms with Crippen LogP contribution in [-0.4, -0.2) is 27.3 Å². The van der Waals surface area contributed by atoms with Crippen molar-refractivity contribution in [3.8, 4) is 5.75 Å². The molecule has 7 heteroatoms. The van der Waals surface area contributed by atoms with Gasteiger partial charge in [0.05, 0.1) is 10.2 Å². The number of carbonyl (C=O) groups is 1. The number of ether oxygens (including phenoxy) is 1. The minimum Gasteiger partial charge on any atom is -0.480 e. The number of aryl methyl sites for hydroxylation is 2. The highest BCUT2D eigenvalue weighted by Crippen LogP contribution is 2.21. The molecule has 1 N–H and O–H groups in total. The number of halogens is 1. The van der Waals surface area contributed by atoms with Gasteiger partial charge in [0.25, 0.3) is 5.91 Å². The number of rotatable bonds is 4. The summed E-state index contributed by atoms with van der Waals surface area (Å²) in [6, 6.07) is 3.58. The molecule has 0 saturated carbocycles. The van der Waals surface area contributed by atoms with E-state index in [1.165, 1.54) is 0 Å². The molecule has 0 unspecified atom stereocenters. The summed E-state index contributed by atoms with van der Waals surface area (Å²) in [6.45, 7) is 3.65. The van der Waals surface area contributed by atoms with Crippen LogP contribution in [0.2, 0.25) is 0 Å². The van der Waals surface area contributed by atoms with Crippen LogP contribution in [0.1, 0.15) is 11.4 Å². The van der Waals surface area contributed by atoms with Crippen LogP contribution in [0.3, 0.4) is 0 Å². The molecular formula is C13H15BrN4O2. The van der Waals surface area contributed by atoms with E-state index in [2.05, 4.69) is 31.3 Å². The van der Waals surface area contributed by atoms with E-state index < -0.39 is 0 Å². The van der Waals surface area contributed by atoms with Gasteiger partial charge in [0, 0.05) is 13.2 Å². The highest BCUT2D eigenvalue weighted by Gasteiger charge is 2.13. The summed E-state index contributed by atoms with van der Waals surface area (Å²) in [5.74, 6) is 0.843. The van der Waals surface area contributed by atoms with E-state index in [0.717, 1.165) is 15.9 Å². The van der Waals surface area contributed by atoms with Crippen molar-refractivity contribution in [2.75, 3.05) is 11.9 Å². The number of aromatic nitrogens is 3. The van der Waals surface area contributed by atoms with E-state index in [1.807, 2.05) is 20.9 Å². The molecule has 0 bridgehead atoms. The van der Waals surface area contributed by atoms with Crippen LogP contribution in [0.4, 0.5) is 5.82 Å². The van der Waals surface area contributed by atoms with Crippen molar-refractivity contribution < 1.29 is 9.53 Å². The Hall–Kier alpha value is -1.89. The normalized spacial score (nSPS) is 10.4. The summed E-state index contributed by atoms with van der Waals surface area (Å²) in [6.07, 6.45) is 1.61. The average Bonchev–Trinajstić information content (AvgIpc) is 2.64. The second-order valence-corrected chi connectivity index (χ2v) is 5.15. The Bertz CT molecular complexity index is 639. The van der Waals surface area contributed by atoms with Crippen LogP contribution < -0.4 is 10.1 Å². The standard InChI is InChI=1S/C13H15BrN4O2/c1-8-12(9(2)18(3)17-8)20-7-11(19)16-13-10(14)5-4-6-15-13/h4-6H,7H2,1-3H3,(H,15,16,19). The third-order valence-electron chi connectivity index (χ3n) is 2.81. The van der Waals surface area contributed by atoms with Crippen LogP contribution in [0, 0.1) is 13.8 Å². The Morgan fingerprint density at radius 1 is 1.50 bits per heavy atom. The van der Waals surface area contributed by atoms with Crippen LogP contribution >= 0.6 is 15.9 Å². The first kappa shape index (κ1) is 14.5. The second-order valence-electron chi connectivity index (χ2n) is 4.29. The van der Waals surface area contributed by atoms with Crippen molar-refractivity contribution in [1.82, 2.24) is 14.8 Å². The monoisotopic (exact) mass is 338 g/mol. The van der Waals surface area contributed by atoms with Crippen molar-refractivity contribution in [2.45, 2.75) is 13.8 Å². The highest BCUT2D eigenvalue weighted by atomic mass is 79.9. The maximum absolute atomic E-state index is 11.8. The molecule has 0 aliphatic heterocycles. The van der Waals surface area contributed by atoms with Gasteiger partial charge < -0.3 is 10.1 Å². The first-order chi connectivity index (χ1) is 9.49. The van der Waals surface area contributed by atoms with Crippen LogP contribution in [0.15, 0.2) is 22.8 Å². The first-order valence-electron chi connectivity index (χ1n) is 6.02. The predicted octanol–water partition coefficient (Wildman–Crippen LogP) is 2.21. The Labute approximate surface area is 125 Å². The zero-order valence-corrected chi connectivity index (χ0v) is 13.1. The summed E-state index contributed by atoms with van der Waals surface area (Å²) in [4.78, 5) is 15.9. The van der Waals surface area contributed by atoms with E-state index >= 15 is 0 Å². The van der Waals surface area contributed by atoms with E-state index in [9.17, 15) is 4.79 Å². The van der Waals surface area contributed by atoms with Gasteiger partial charge in [-0.15, -0.1) is 0 Å². The molecule has 2 heterocycles. The van der Waals surface area contributed by atoms with E-state index in [4.69, 9.17) is 4.74 Å². The fourth-order valence-electron chi connectivity index (χ4n) is 1.75. The van der Waals surface area contributed by atoms with Gasteiger partial charge in [-0.3, -0.25) is 9.48 Å². The largest absolute Gasteiger partial charge is 0.480 e. The molecule has 106 valence electrons. The highest BCUT2D eigenvalue weighted by molar-refractivity contribution is 9.10. The molecule has 0 atom stereocenters. The number of amides is 1. The minimum absolute atomic E-state index is 0.0869. The summed E-state index contributed by atoms with van der Waals surface area (Å²) >= 11 is 3.32. The number of nitrogens with one attached hydrogen (secondary N) is 1. The van der Waals surface area contributed by atoms with Gasteiger partial charge in [-0.05, 0) is 41.9 Å². The van der Waals surface area contributed by atoms with Crippen LogP contribution in [0.25, 0.3) is 0 Å². The summed E-state index contributed by atoms with van der Waals surface area (Å²) in [5, 5.41) is 6.90. The molecule has 0 spiro atoms. The number of pyridine rings is 1. The Morgan fingerprint density at radius 2 is 2.25 bits per heavy atom. The van der Waals surface area contributed by atoms with Gasteiger partial charge in [0.15, 0.2) is 12.4 Å². The molecule has 0 radical (unpaired) electrons. The molecule has 6 nitrogen and oxygen atoms in total. The molecule has 0 aromatic carbocycles. The zero-order valence-electron chi connectivity index (χ0n) is 11.5. The van der Waals surface area contributed by atoms with Crippen molar-refractivity contribution in [1.29, 1.82) is 0 Å². The SMILES string of the molecule is Cc1nn(C)c(C)c1OCC(=O)Nc1ncccc1Br. The second kappa shape index (κ2) is 6.04. The fraction of sp³-hybridized carbons (Fsp3) is 0.308. The van der Waals surface area contributed by atoms with Gasteiger partial charge in [0.1, 0.15) is 11.5 Å². The maximum atomic E-state index is 11.8. The van der Waals surface area contributed by atoms with Gasteiger partial charge in [-0.1, -0.05) is 0 Å². The molecule has 0 aliphatic carbocycles. The lowest BCUT2D eigenvalue weighted by molar-refractivity contribution is -0.118. The topological polar surface area (TPSA) is 69.0 Å². The quantitative estimate of drug-likeness (QED) is 0.927. The van der Waals surface area contributed by atoms with Crippen LogP contribution in [0.5, 0.6) is 5.75 Å². The molecule has 0 saturated heterocycles. The first-order valence-corrected chi connectivity index (χ1v) is 6.81. The van der Waals surface area contributed by atoms with Crippen LogP contribution in [-0.2, 0) is 11.8 Å². The zero-order chi connectivity index (χ0) is 14.7. The van der Waals surface area contributed by atoms with E-state index in [1.54, 1.807) is 23.0 Å². The summed E-state index contributed by atoms with van der Waals surface area (Å²) < 4.78 is 7.97. The van der Waals surface area contributed by atoms with Crippen molar-refractivity contribution in [2.24, 2.45) is 7.05 Å². The summed E-state index contributed by atoms with van der Waals surface area (Å²) in [5.41, 5.74) is 1.64. The van der Waals surface area contributed by atoms with Crippen molar-refractivity contribution in [3.05, 3.63) is 34.2 Å². The van der Waals surface area contributed by atoms with Gasteiger partial charge in [-0.25, -0.2) is 4.98 Å². The number of hydrogen-bond acceptors (Lipinski definition) is 4. The van der Waals surface area contributed by atoms with Crippen molar-refractivity contribution in [3.63, 3.8) is 0 Å². The van der Waals surface area contributed by atoms with E-state index in [-0.39, 0.29) is 12.5 Å². The Kier molecular flexibility index (Phi) is 4.39. The summed E-state index contributed by atoms with van der Waals surface area (Å²) in [7, 11) is 1.83. The number of nitrogens with zero attached hydrogens (tertiary/aromatic N) is 3. The lowest BCUT2D eigenvalue weighted by atomic mass is 10.3. The lowest BCUT2D eigenvalue weighted by Crippen LogP contribution is -2.21. The number of carbonyl (C=O) groups excluding carboxylic acids is 1. The Morgan fingerprint density at radius 3 is 2.85 bits per heavy atom. The number of anilines is 1. The Balaban J connectivity index is 1.98. The predicted molar refractivity (Wildman–Crippen MR) is 78.7 cm³/mol. The molecule has 2 aromatic rings. The van der Waals surface area contributed by atoms with Gasteiger partial charge in [0.2, 0.25) is 0 Å². The lowest BCUT2D eigenvalue weighted by Gasteiger charge is -2.08. The molecule has 20 heavy (non-hydrogen) atoms. The average molecular weight is 339 g/mol. The molecule has 1 amide bonds. The van der Waals surface area contributed by atoms with Gasteiger partial charge in [-0.2, -0.15) is 5.10 Å². The maximum Gasteiger partial charge on any atom is 0.263 e. The third-order valence-corrected chi connectivity index (χ3v) is 3.45. The molecule has 2 rings (SSSR count). The third kappa shape index (κ3) is 3.16. The molecule has 0 fully saturated rings. The fourth-order valence-corrected chi connectivity index (χ4v) is 2.10. The van der Waals surface area contributed by atoms with Gasteiger partial charge >= 0.3 is 0 Å². The molecule has 0 aliphatic rings. The molecular weight excluding hydrogens is 324 g/mol. The minimum atomic E-state index is -0.271.